The molecule has 0 radical (unpaired) electrons. The number of aryl methyl sites for hydroxylation is 1. The minimum atomic E-state index is -0.387. The highest BCUT2D eigenvalue weighted by Crippen LogP contribution is 2.29. The van der Waals surface area contributed by atoms with Crippen LogP contribution in [0.15, 0.2) is 42.0 Å². The summed E-state index contributed by atoms with van der Waals surface area (Å²) in [5.74, 6) is -0.523. The molecule has 1 unspecified atom stereocenters. The first-order valence-corrected chi connectivity index (χ1v) is 8.16. The van der Waals surface area contributed by atoms with Crippen molar-refractivity contribution in [1.29, 1.82) is 0 Å². The predicted octanol–water partition coefficient (Wildman–Crippen LogP) is 3.45. The molecule has 0 spiro atoms. The van der Waals surface area contributed by atoms with Crippen molar-refractivity contribution in [2.45, 2.75) is 33.6 Å². The second-order valence-electron chi connectivity index (χ2n) is 6.55. The summed E-state index contributed by atoms with van der Waals surface area (Å²) >= 11 is 0. The maximum Gasteiger partial charge on any atom is 0.238 e. The summed E-state index contributed by atoms with van der Waals surface area (Å²) < 4.78 is 1.75. The van der Waals surface area contributed by atoms with E-state index in [-0.39, 0.29) is 24.2 Å². The molecule has 2 aromatic rings. The molecule has 1 aromatic heterocycles. The highest BCUT2D eigenvalue weighted by atomic mass is 16.2. The van der Waals surface area contributed by atoms with Crippen molar-refractivity contribution in [2.24, 2.45) is 11.7 Å². The van der Waals surface area contributed by atoms with Crippen molar-refractivity contribution in [3.63, 3.8) is 0 Å². The Morgan fingerprint density at radius 1 is 1.25 bits per heavy atom. The van der Waals surface area contributed by atoms with E-state index in [4.69, 9.17) is 5.73 Å². The van der Waals surface area contributed by atoms with Crippen LogP contribution < -0.4 is 5.73 Å². The summed E-state index contributed by atoms with van der Waals surface area (Å²) in [4.78, 5) is 24.6. The molecule has 0 bridgehead atoms. The Hall–Kier alpha value is -2.62. The van der Waals surface area contributed by atoms with Crippen molar-refractivity contribution in [3.05, 3.63) is 58.8 Å². The van der Waals surface area contributed by atoms with Crippen molar-refractivity contribution in [1.82, 2.24) is 4.57 Å². The largest absolute Gasteiger partial charge is 0.369 e. The number of nitrogens with two attached hydrogens (primary N) is 1. The molecule has 24 heavy (non-hydrogen) atoms. The Morgan fingerprint density at radius 3 is 2.62 bits per heavy atom. The van der Waals surface area contributed by atoms with Crippen molar-refractivity contribution in [2.75, 3.05) is 0 Å². The Bertz CT molecular complexity index is 900. The zero-order valence-corrected chi connectivity index (χ0v) is 14.3. The topological polar surface area (TPSA) is 65.1 Å². The van der Waals surface area contributed by atoms with Crippen LogP contribution in [-0.2, 0) is 11.2 Å². The number of hydrogen-bond donors (Lipinski definition) is 1. The normalized spacial score (nSPS) is 17.1. The fourth-order valence-electron chi connectivity index (χ4n) is 3.35. The van der Waals surface area contributed by atoms with Gasteiger partial charge in [-0.25, -0.2) is 0 Å². The number of carbonyl (C=O) groups is 2. The number of carbonyl (C=O) groups excluding carboxylic acids is 2. The molecule has 4 heteroatoms. The van der Waals surface area contributed by atoms with Gasteiger partial charge in [-0.1, -0.05) is 35.4 Å². The molecule has 124 valence electrons. The number of aromatic nitrogens is 1. The molecular weight excluding hydrogens is 300 g/mol. The highest BCUT2D eigenvalue weighted by molar-refractivity contribution is 5.99. The smallest absolute Gasteiger partial charge is 0.238 e. The van der Waals surface area contributed by atoms with E-state index >= 15 is 0 Å². The van der Waals surface area contributed by atoms with E-state index in [1.807, 2.05) is 51.1 Å². The standard InChI is InChI=1S/C20H22N2O2/c1-12-4-7-15(8-5-12)20(24)22-14(3)16(11-19(21)23)17-10-13(2)6-9-18(17)22/h4-7,9-10,15H,8,11H2,1-3H3,(H2,21,23). The van der Waals surface area contributed by atoms with Crippen LogP contribution in [0, 0.1) is 19.8 Å². The quantitative estimate of drug-likeness (QED) is 0.940. The lowest BCUT2D eigenvalue weighted by Gasteiger charge is -2.16. The first-order valence-electron chi connectivity index (χ1n) is 8.16. The number of benzene rings is 1. The fourth-order valence-corrected chi connectivity index (χ4v) is 3.35. The fraction of sp³-hybridized carbons (Fsp3) is 0.300. The molecule has 0 saturated carbocycles. The van der Waals surface area contributed by atoms with Crippen LogP contribution in [0.25, 0.3) is 10.9 Å². The van der Waals surface area contributed by atoms with Crippen LogP contribution in [0.2, 0.25) is 0 Å². The summed E-state index contributed by atoms with van der Waals surface area (Å²) in [5, 5.41) is 0.936. The number of hydrogen-bond acceptors (Lipinski definition) is 2. The van der Waals surface area contributed by atoms with Crippen LogP contribution in [0.5, 0.6) is 0 Å². The van der Waals surface area contributed by atoms with E-state index in [9.17, 15) is 9.59 Å². The third kappa shape index (κ3) is 2.80. The summed E-state index contributed by atoms with van der Waals surface area (Å²) in [6.45, 7) is 5.92. The highest BCUT2D eigenvalue weighted by Gasteiger charge is 2.24. The van der Waals surface area contributed by atoms with Gasteiger partial charge in [-0.15, -0.1) is 0 Å². The number of allylic oxidation sites excluding steroid dienone is 4. The lowest BCUT2D eigenvalue weighted by atomic mass is 9.96. The number of nitrogens with zero attached hydrogens (tertiary/aromatic N) is 1. The molecule has 1 aromatic carbocycles. The van der Waals surface area contributed by atoms with Gasteiger partial charge in [0.25, 0.3) is 0 Å². The van der Waals surface area contributed by atoms with Crippen LogP contribution in [0.4, 0.5) is 0 Å². The molecule has 0 aliphatic heterocycles. The Morgan fingerprint density at radius 2 is 2.00 bits per heavy atom. The Balaban J connectivity index is 2.14. The maximum atomic E-state index is 13.1. The predicted molar refractivity (Wildman–Crippen MR) is 95.9 cm³/mol. The van der Waals surface area contributed by atoms with E-state index in [2.05, 4.69) is 6.08 Å². The second-order valence-corrected chi connectivity index (χ2v) is 6.55. The van der Waals surface area contributed by atoms with E-state index in [1.165, 1.54) is 5.57 Å². The van der Waals surface area contributed by atoms with Gasteiger partial charge in [0.2, 0.25) is 11.8 Å². The molecule has 1 amide bonds. The van der Waals surface area contributed by atoms with Gasteiger partial charge in [0.15, 0.2) is 0 Å². The van der Waals surface area contributed by atoms with Crippen molar-refractivity contribution < 1.29 is 9.59 Å². The molecule has 2 N–H and O–H groups in total. The van der Waals surface area contributed by atoms with E-state index in [1.54, 1.807) is 4.57 Å². The van der Waals surface area contributed by atoms with Gasteiger partial charge in [0.05, 0.1) is 17.9 Å². The minimum absolute atomic E-state index is 0.0390. The molecule has 0 fully saturated rings. The monoisotopic (exact) mass is 322 g/mol. The van der Waals surface area contributed by atoms with Crippen molar-refractivity contribution >= 4 is 22.7 Å². The lowest BCUT2D eigenvalue weighted by molar-refractivity contribution is -0.117. The molecular formula is C20H22N2O2. The van der Waals surface area contributed by atoms with Gasteiger partial charge in [-0.3, -0.25) is 14.2 Å². The zero-order valence-electron chi connectivity index (χ0n) is 14.3. The number of amides is 1. The number of fused-ring (bicyclic) bond motifs is 1. The number of rotatable bonds is 3. The maximum absolute atomic E-state index is 13.1. The van der Waals surface area contributed by atoms with E-state index < -0.39 is 0 Å². The van der Waals surface area contributed by atoms with Crippen molar-refractivity contribution in [3.8, 4) is 0 Å². The van der Waals surface area contributed by atoms with Gasteiger partial charge in [-0.05, 0) is 44.9 Å². The Labute approximate surface area is 141 Å². The average Bonchev–Trinajstić information content (AvgIpc) is 2.79. The molecule has 1 aliphatic carbocycles. The first-order chi connectivity index (χ1) is 11.4. The lowest BCUT2D eigenvalue weighted by Crippen LogP contribution is -2.22. The molecule has 1 heterocycles. The van der Waals surface area contributed by atoms with Gasteiger partial charge in [0.1, 0.15) is 0 Å². The van der Waals surface area contributed by atoms with E-state index in [0.29, 0.717) is 6.42 Å². The third-order valence-electron chi connectivity index (χ3n) is 4.66. The van der Waals surface area contributed by atoms with Gasteiger partial charge in [-0.2, -0.15) is 0 Å². The summed E-state index contributed by atoms with van der Waals surface area (Å²) in [6, 6.07) is 5.96. The summed E-state index contributed by atoms with van der Waals surface area (Å²) in [7, 11) is 0. The molecule has 1 atom stereocenters. The van der Waals surface area contributed by atoms with Gasteiger partial charge in [0, 0.05) is 11.1 Å². The first kappa shape index (κ1) is 16.2. The van der Waals surface area contributed by atoms with Crippen LogP contribution >= 0.6 is 0 Å². The average molecular weight is 322 g/mol. The summed E-state index contributed by atoms with van der Waals surface area (Å²) in [6.07, 6.45) is 6.88. The number of primary amides is 1. The Kier molecular flexibility index (Phi) is 4.14. The van der Waals surface area contributed by atoms with Crippen LogP contribution in [-0.4, -0.2) is 16.4 Å². The van der Waals surface area contributed by atoms with Crippen LogP contribution in [0.1, 0.15) is 35.0 Å². The molecule has 1 aliphatic rings. The van der Waals surface area contributed by atoms with E-state index in [0.717, 1.165) is 27.7 Å². The third-order valence-corrected chi connectivity index (χ3v) is 4.66. The molecule has 0 saturated heterocycles. The second kappa shape index (κ2) is 6.11. The molecule has 4 nitrogen and oxygen atoms in total. The van der Waals surface area contributed by atoms with Crippen LogP contribution in [0.3, 0.4) is 0 Å². The zero-order chi connectivity index (χ0) is 17.4. The van der Waals surface area contributed by atoms with Gasteiger partial charge < -0.3 is 5.73 Å². The minimum Gasteiger partial charge on any atom is -0.369 e. The SMILES string of the molecule is CC1=CCC(C(=O)n2c(C)c(CC(N)=O)c3cc(C)ccc32)C=C1. The molecule has 3 rings (SSSR count). The van der Waals surface area contributed by atoms with Gasteiger partial charge >= 0.3 is 0 Å². The summed E-state index contributed by atoms with van der Waals surface area (Å²) in [5.41, 5.74) is 10.2.